The number of Topliss-reactive ketones (excluding diaryl/α,β-unsaturated/α-hetero) is 1. The van der Waals surface area contributed by atoms with Crippen molar-refractivity contribution in [3.8, 4) is 5.75 Å². The molecule has 0 unspecified atom stereocenters. The minimum Gasteiger partial charge on any atom is -0.494 e. The highest BCUT2D eigenvalue weighted by molar-refractivity contribution is 5.97. The molecule has 0 aliphatic carbocycles. The number of ether oxygens (including phenoxy) is 1. The number of carbonyl (C=O) groups is 1. The van der Waals surface area contributed by atoms with Crippen LogP contribution >= 0.6 is 0 Å². The van der Waals surface area contributed by atoms with Gasteiger partial charge in [-0.05, 0) is 38.1 Å². The smallest absolute Gasteiger partial charge is 0.176 e. The van der Waals surface area contributed by atoms with Crippen LogP contribution in [0.4, 0.5) is 4.39 Å². The molecule has 0 fully saturated rings. The Morgan fingerprint density at radius 2 is 2.00 bits per heavy atom. The van der Waals surface area contributed by atoms with Crippen LogP contribution in [0.15, 0.2) is 18.2 Å². The van der Waals surface area contributed by atoms with Crippen LogP contribution in [-0.4, -0.2) is 37.4 Å². The lowest BCUT2D eigenvalue weighted by Gasteiger charge is -2.25. The van der Waals surface area contributed by atoms with Gasteiger partial charge in [0.25, 0.3) is 0 Å². The van der Waals surface area contributed by atoms with Crippen molar-refractivity contribution in [2.75, 3.05) is 20.7 Å². The molecular formula is C15H22FNO2. The Labute approximate surface area is 114 Å². The van der Waals surface area contributed by atoms with Crippen LogP contribution in [0.5, 0.6) is 5.75 Å². The number of carbonyl (C=O) groups excluding carboxylic acids is 1. The van der Waals surface area contributed by atoms with Gasteiger partial charge in [-0.15, -0.1) is 0 Å². The highest BCUT2D eigenvalue weighted by Crippen LogP contribution is 2.18. The molecule has 3 nitrogen and oxygen atoms in total. The molecule has 4 heteroatoms. The van der Waals surface area contributed by atoms with Gasteiger partial charge in [-0.25, -0.2) is 4.39 Å². The van der Waals surface area contributed by atoms with Gasteiger partial charge in [-0.2, -0.15) is 0 Å². The monoisotopic (exact) mass is 267 g/mol. The van der Waals surface area contributed by atoms with Gasteiger partial charge in [0.05, 0.1) is 13.7 Å². The number of benzene rings is 1. The second-order valence-corrected chi connectivity index (χ2v) is 4.66. The van der Waals surface area contributed by atoms with Gasteiger partial charge in [0.2, 0.25) is 0 Å². The van der Waals surface area contributed by atoms with E-state index in [1.807, 2.05) is 11.9 Å². The fraction of sp³-hybridized carbons (Fsp3) is 0.533. The van der Waals surface area contributed by atoms with E-state index >= 15 is 0 Å². The molecule has 106 valence electrons. The van der Waals surface area contributed by atoms with Crippen LogP contribution in [-0.2, 0) is 0 Å². The van der Waals surface area contributed by atoms with Gasteiger partial charge in [0.15, 0.2) is 17.3 Å². The van der Waals surface area contributed by atoms with Crippen molar-refractivity contribution in [1.82, 2.24) is 4.90 Å². The largest absolute Gasteiger partial charge is 0.494 e. The molecule has 19 heavy (non-hydrogen) atoms. The number of hydrogen-bond donors (Lipinski definition) is 0. The predicted octanol–water partition coefficient (Wildman–Crippen LogP) is 3.14. The maximum absolute atomic E-state index is 13.5. The Kier molecular flexibility index (Phi) is 5.96. The van der Waals surface area contributed by atoms with E-state index in [4.69, 9.17) is 4.74 Å². The number of likely N-dealkylation sites (N-methyl/N-ethyl adjacent to an activating group) is 1. The first-order chi connectivity index (χ1) is 9.03. The minimum atomic E-state index is -0.501. The van der Waals surface area contributed by atoms with Gasteiger partial charge in [0, 0.05) is 11.6 Å². The number of hydrogen-bond acceptors (Lipinski definition) is 3. The molecule has 0 heterocycles. The van der Waals surface area contributed by atoms with Crippen molar-refractivity contribution in [3.05, 3.63) is 29.6 Å². The minimum absolute atomic E-state index is 0.0732. The lowest BCUT2D eigenvalue weighted by molar-refractivity contribution is 0.0915. The molecule has 1 aromatic rings. The quantitative estimate of drug-likeness (QED) is 0.711. The van der Waals surface area contributed by atoms with E-state index in [9.17, 15) is 9.18 Å². The summed E-state index contributed by atoms with van der Waals surface area (Å²) >= 11 is 0. The Hall–Kier alpha value is -1.42. The third-order valence-corrected chi connectivity index (χ3v) is 3.43. The first kappa shape index (κ1) is 15.6. The van der Waals surface area contributed by atoms with Crippen molar-refractivity contribution < 1.29 is 13.9 Å². The number of methoxy groups -OCH3 is 1. The molecule has 0 atom stereocenters. The number of nitrogens with zero attached hydrogens (tertiary/aromatic N) is 1. The number of halogens is 1. The molecule has 1 aromatic carbocycles. The van der Waals surface area contributed by atoms with Gasteiger partial charge >= 0.3 is 0 Å². The van der Waals surface area contributed by atoms with Gasteiger partial charge in [0.1, 0.15) is 0 Å². The SMILES string of the molecule is CCC(CC)N(C)CC(=O)c1ccc(OC)c(F)c1. The number of ketones is 1. The molecule has 0 radical (unpaired) electrons. The summed E-state index contributed by atoms with van der Waals surface area (Å²) in [5.41, 5.74) is 0.385. The Morgan fingerprint density at radius 3 is 2.47 bits per heavy atom. The third kappa shape index (κ3) is 4.03. The fourth-order valence-electron chi connectivity index (χ4n) is 2.20. The topological polar surface area (TPSA) is 29.5 Å². The van der Waals surface area contributed by atoms with Gasteiger partial charge in [-0.1, -0.05) is 13.8 Å². The van der Waals surface area contributed by atoms with Crippen LogP contribution in [0.25, 0.3) is 0 Å². The molecule has 0 amide bonds. The zero-order valence-electron chi connectivity index (χ0n) is 12.1. The van der Waals surface area contributed by atoms with Crippen LogP contribution in [0, 0.1) is 5.82 Å². The van der Waals surface area contributed by atoms with Crippen molar-refractivity contribution >= 4 is 5.78 Å². The average molecular weight is 267 g/mol. The Morgan fingerprint density at radius 1 is 1.37 bits per heavy atom. The molecule has 0 spiro atoms. The van der Waals surface area contributed by atoms with Crippen molar-refractivity contribution in [1.29, 1.82) is 0 Å². The zero-order chi connectivity index (χ0) is 14.4. The van der Waals surface area contributed by atoms with Crippen LogP contribution in [0.3, 0.4) is 0 Å². The van der Waals surface area contributed by atoms with E-state index < -0.39 is 5.82 Å². The van der Waals surface area contributed by atoms with Crippen molar-refractivity contribution in [2.45, 2.75) is 32.7 Å². The van der Waals surface area contributed by atoms with Crippen molar-refractivity contribution in [3.63, 3.8) is 0 Å². The highest BCUT2D eigenvalue weighted by atomic mass is 19.1. The first-order valence-electron chi connectivity index (χ1n) is 6.60. The molecule has 0 aliphatic rings. The van der Waals surface area contributed by atoms with E-state index in [0.29, 0.717) is 18.2 Å². The second kappa shape index (κ2) is 7.24. The molecule has 0 N–H and O–H groups in total. The first-order valence-corrected chi connectivity index (χ1v) is 6.60. The number of rotatable bonds is 7. The second-order valence-electron chi connectivity index (χ2n) is 4.66. The summed E-state index contributed by atoms with van der Waals surface area (Å²) in [6.07, 6.45) is 1.99. The summed E-state index contributed by atoms with van der Waals surface area (Å²) in [4.78, 5) is 14.1. The maximum atomic E-state index is 13.5. The lowest BCUT2D eigenvalue weighted by atomic mass is 10.1. The highest BCUT2D eigenvalue weighted by Gasteiger charge is 2.16. The summed E-state index contributed by atoms with van der Waals surface area (Å²) in [6.45, 7) is 4.50. The van der Waals surface area contributed by atoms with Gasteiger partial charge in [-0.3, -0.25) is 9.69 Å². The lowest BCUT2D eigenvalue weighted by Crippen LogP contribution is -2.35. The molecular weight excluding hydrogens is 245 g/mol. The summed E-state index contributed by atoms with van der Waals surface area (Å²) in [5.74, 6) is -0.417. The molecule has 0 saturated carbocycles. The van der Waals surface area contributed by atoms with E-state index in [0.717, 1.165) is 12.8 Å². The van der Waals surface area contributed by atoms with E-state index in [1.54, 1.807) is 6.07 Å². The summed E-state index contributed by atoms with van der Waals surface area (Å²) in [6, 6.07) is 4.71. The van der Waals surface area contributed by atoms with Crippen LogP contribution in [0.2, 0.25) is 0 Å². The molecule has 0 saturated heterocycles. The zero-order valence-corrected chi connectivity index (χ0v) is 12.1. The Balaban J connectivity index is 2.75. The van der Waals surface area contributed by atoms with Crippen molar-refractivity contribution in [2.24, 2.45) is 0 Å². The summed E-state index contributed by atoms with van der Waals surface area (Å²) in [7, 11) is 3.33. The van der Waals surface area contributed by atoms with E-state index in [-0.39, 0.29) is 11.5 Å². The predicted molar refractivity (Wildman–Crippen MR) is 74.3 cm³/mol. The van der Waals surface area contributed by atoms with Crippen LogP contribution in [0.1, 0.15) is 37.0 Å². The van der Waals surface area contributed by atoms with Gasteiger partial charge < -0.3 is 4.74 Å². The molecule has 0 bridgehead atoms. The molecule has 0 aromatic heterocycles. The fourth-order valence-corrected chi connectivity index (χ4v) is 2.20. The molecule has 1 rings (SSSR count). The average Bonchev–Trinajstić information content (AvgIpc) is 2.39. The van der Waals surface area contributed by atoms with E-state index in [2.05, 4.69) is 13.8 Å². The summed E-state index contributed by atoms with van der Waals surface area (Å²) < 4.78 is 18.4. The maximum Gasteiger partial charge on any atom is 0.176 e. The normalized spacial score (nSPS) is 11.1. The van der Waals surface area contributed by atoms with Crippen LogP contribution < -0.4 is 4.74 Å². The Bertz CT molecular complexity index is 430. The third-order valence-electron chi connectivity index (χ3n) is 3.43. The van der Waals surface area contributed by atoms with E-state index in [1.165, 1.54) is 19.2 Å². The summed E-state index contributed by atoms with van der Waals surface area (Å²) in [5, 5.41) is 0. The molecule has 0 aliphatic heterocycles. The standard InChI is InChI=1S/C15H22FNO2/c1-5-12(6-2)17(3)10-14(18)11-7-8-15(19-4)13(16)9-11/h7-9,12H,5-6,10H2,1-4H3.